The summed E-state index contributed by atoms with van der Waals surface area (Å²) in [7, 11) is -11.3. The van der Waals surface area contributed by atoms with Crippen LogP contribution in [0.5, 0.6) is 0 Å². The van der Waals surface area contributed by atoms with Gasteiger partial charge in [-0.1, -0.05) is 0 Å². The van der Waals surface area contributed by atoms with Crippen molar-refractivity contribution in [2.75, 3.05) is 0 Å². The van der Waals surface area contributed by atoms with Crippen LogP contribution in [-0.4, -0.2) is 17.4 Å². The third-order valence-corrected chi connectivity index (χ3v) is 0. The van der Waals surface area contributed by atoms with Gasteiger partial charge in [-0.25, -0.2) is 8.39 Å². The first-order valence-corrected chi connectivity index (χ1v) is 4.30. The van der Waals surface area contributed by atoms with E-state index in [9.17, 15) is 8.39 Å². The molecule has 0 atom stereocenters. The molecule has 12 heavy (non-hydrogen) atoms. The smallest absolute Gasteiger partial charge is 0.786 e. The summed E-state index contributed by atoms with van der Waals surface area (Å²) < 4.78 is 37.1. The van der Waals surface area contributed by atoms with Crippen LogP contribution in [0.2, 0.25) is 0 Å². The van der Waals surface area contributed by atoms with Crippen molar-refractivity contribution >= 4 is 33.2 Å². The van der Waals surface area contributed by atoms with Crippen molar-refractivity contribution in [1.29, 1.82) is 0 Å². The molecule has 0 fully saturated rings. The van der Waals surface area contributed by atoms with Gasteiger partial charge in [-0.3, -0.25) is 0 Å². The summed E-state index contributed by atoms with van der Waals surface area (Å²) in [6, 6.07) is 0. The molecule has 0 spiro atoms. The Morgan fingerprint density at radius 1 is 0.833 bits per heavy atom. The van der Waals surface area contributed by atoms with Crippen molar-refractivity contribution in [2.45, 2.75) is 0 Å². The van der Waals surface area contributed by atoms with Crippen molar-refractivity contribution in [2.24, 2.45) is 0 Å². The Morgan fingerprint density at radius 3 is 0.833 bits per heavy atom. The first-order chi connectivity index (χ1) is 4.00. The Labute approximate surface area is 99.3 Å². The van der Waals surface area contributed by atoms with Crippen LogP contribution >= 0.6 is 15.8 Å². The van der Waals surface area contributed by atoms with E-state index in [1.165, 1.54) is 0 Å². The largest absolute Gasteiger partial charge is 3.00 e. The van der Waals surface area contributed by atoms with E-state index in [2.05, 4.69) is 0 Å². The number of hydrogen-bond donors (Lipinski definition) is 0. The van der Waals surface area contributed by atoms with Gasteiger partial charge in [0.2, 0.25) is 0 Å². The minimum Gasteiger partial charge on any atom is -0.786 e. The van der Waals surface area contributed by atoms with Crippen molar-refractivity contribution < 1.29 is 66.7 Å². The summed E-state index contributed by atoms with van der Waals surface area (Å²) in [5.74, 6) is 0. The van der Waals surface area contributed by atoms with Crippen LogP contribution in [0, 0.1) is 0 Å². The Bertz CT molecular complexity index is 136. The Balaban J connectivity index is -0.0000000457. The molecule has 64 valence electrons. The van der Waals surface area contributed by atoms with Crippen LogP contribution < -0.4 is 49.1 Å². The molecule has 0 radical (unpaired) electrons. The summed E-state index contributed by atoms with van der Waals surface area (Å²) in [6.07, 6.45) is 0. The Morgan fingerprint density at radius 2 is 0.833 bits per heavy atom. The van der Waals surface area contributed by atoms with Crippen molar-refractivity contribution in [3.8, 4) is 0 Å². The van der Waals surface area contributed by atoms with Gasteiger partial charge < -0.3 is 28.7 Å². The molecule has 0 aromatic heterocycles. The first-order valence-electron chi connectivity index (χ1n) is 1.43. The van der Waals surface area contributed by atoms with Crippen molar-refractivity contribution in [1.82, 2.24) is 0 Å². The second-order valence-corrected chi connectivity index (χ2v) is 2.58. The van der Waals surface area contributed by atoms with E-state index in [-0.39, 0.29) is 46.9 Å². The molecule has 0 N–H and O–H groups in total. The van der Waals surface area contributed by atoms with Gasteiger partial charge >= 0.3 is 46.9 Å². The molecule has 0 aliphatic rings. The van der Waals surface area contributed by atoms with Gasteiger partial charge in [0.15, 0.2) is 0 Å². The quantitative estimate of drug-likeness (QED) is 0.309. The molecule has 0 aromatic carbocycles. The van der Waals surface area contributed by atoms with E-state index in [4.69, 9.17) is 28.7 Å². The van der Waals surface area contributed by atoms with Gasteiger partial charge in [-0.05, 0) is 0 Å². The summed E-state index contributed by atoms with van der Waals surface area (Å²) in [5.41, 5.74) is 0. The maximum absolute atomic E-state index is 10.1. The zero-order valence-electron chi connectivity index (χ0n) is 5.68. The predicted octanol–water partition coefficient (Wildman–Crippen LogP) is -5.81. The summed E-state index contributed by atoms with van der Waals surface area (Å²) in [5, 5.41) is 0. The summed E-state index contributed by atoms with van der Waals surface area (Å²) >= 11 is 0. The van der Waals surface area contributed by atoms with Crippen molar-refractivity contribution in [3.05, 3.63) is 0 Å². The molecule has 0 bridgehead atoms. The van der Waals surface area contributed by atoms with Crippen LogP contribution in [-0.2, 0) is 9.13 Å². The van der Waals surface area contributed by atoms with E-state index < -0.39 is 15.8 Å². The maximum Gasteiger partial charge on any atom is 3.00 e. The number of halogens is 2. The number of hydrogen-bond acceptors (Lipinski definition) is 6. The second kappa shape index (κ2) is 9.26. The summed E-state index contributed by atoms with van der Waals surface area (Å²) in [4.78, 5) is 33.8. The van der Waals surface area contributed by atoms with Crippen LogP contribution in [0.15, 0.2) is 0 Å². The van der Waals surface area contributed by atoms with E-state index in [0.29, 0.717) is 0 Å². The molecule has 0 heterocycles. The van der Waals surface area contributed by atoms with Crippen LogP contribution in [0.25, 0.3) is 0 Å². The zero-order chi connectivity index (χ0) is 9.00. The zero-order valence-corrected chi connectivity index (χ0v) is 10.6. The maximum atomic E-state index is 10.1. The fourth-order valence-corrected chi connectivity index (χ4v) is 0. The molecule has 0 aromatic rings. The Hall–Kier alpha value is 1.69. The van der Waals surface area contributed by atoms with Crippen molar-refractivity contribution in [3.63, 3.8) is 0 Å². The minimum atomic E-state index is -5.64. The van der Waals surface area contributed by atoms with E-state index >= 15 is 0 Å². The molecule has 6 nitrogen and oxygen atoms in total. The molecule has 0 aliphatic heterocycles. The molecule has 0 rings (SSSR count). The van der Waals surface area contributed by atoms with Gasteiger partial charge in [0.1, 0.15) is 15.8 Å². The molecule has 0 unspecified atom stereocenters. The molecule has 0 amide bonds. The van der Waals surface area contributed by atoms with Gasteiger partial charge in [-0.15, -0.1) is 0 Å². The van der Waals surface area contributed by atoms with E-state index in [1.807, 2.05) is 0 Å². The molecular weight excluding hydrogens is 246 g/mol. The molecular formula is AlF2NaO6P2. The predicted molar refractivity (Wildman–Crippen MR) is 23.2 cm³/mol. The average molecular weight is 246 g/mol. The van der Waals surface area contributed by atoms with Gasteiger partial charge in [0.05, 0.1) is 0 Å². The van der Waals surface area contributed by atoms with Crippen LogP contribution in [0.3, 0.4) is 0 Å². The molecule has 0 saturated carbocycles. The topological polar surface area (TPSA) is 126 Å². The standard InChI is InChI=1S/Al.2FH2O3P.Na/c;2*1-5(2,3)4;/h;2*(H2,2,3,4);/q+3;;;+1/p-4. The third-order valence-electron chi connectivity index (χ3n) is 0. The minimum absolute atomic E-state index is 0. The van der Waals surface area contributed by atoms with Crippen LogP contribution in [0.1, 0.15) is 0 Å². The molecule has 12 heteroatoms. The first kappa shape index (κ1) is 23.5. The third kappa shape index (κ3) is 467. The Kier molecular flexibility index (Phi) is 18.1. The molecule has 0 saturated heterocycles. The normalized spacial score (nSPS) is 9.83. The van der Waals surface area contributed by atoms with Gasteiger partial charge in [0, 0.05) is 0 Å². The van der Waals surface area contributed by atoms with E-state index in [1.54, 1.807) is 0 Å². The van der Waals surface area contributed by atoms with Crippen LogP contribution in [0.4, 0.5) is 8.39 Å². The van der Waals surface area contributed by atoms with E-state index in [0.717, 1.165) is 0 Å². The SMILES string of the molecule is O=P([O-])([O-])F.O=P([O-])([O-])F.[Al+3].[Na+]. The fourth-order valence-electron chi connectivity index (χ4n) is 0. The second-order valence-electron chi connectivity index (χ2n) is 0.861. The fraction of sp³-hybridized carbons (Fsp3) is 0. The molecule has 0 aliphatic carbocycles. The monoisotopic (exact) mass is 246 g/mol. The number of rotatable bonds is 0. The van der Waals surface area contributed by atoms with Gasteiger partial charge in [0.25, 0.3) is 0 Å². The average Bonchev–Trinajstić information content (AvgIpc) is 1.12. The summed E-state index contributed by atoms with van der Waals surface area (Å²) in [6.45, 7) is 0. The van der Waals surface area contributed by atoms with Gasteiger partial charge in [-0.2, -0.15) is 0 Å².